The standard InChI is InChI=1S/C14H31N3/c1-13(2)15-12-14-6-10-17(11-7-14)9-5-8-16(3)4/h13-15H,5-12H2,1-4H3. The quantitative estimate of drug-likeness (QED) is 0.731. The summed E-state index contributed by atoms with van der Waals surface area (Å²) in [5.74, 6) is 0.905. The van der Waals surface area contributed by atoms with E-state index in [1.54, 1.807) is 0 Å². The molecule has 1 heterocycles. The SMILES string of the molecule is CC(C)NCC1CCN(CCCN(C)C)CC1. The summed E-state index contributed by atoms with van der Waals surface area (Å²) in [7, 11) is 4.31. The molecule has 102 valence electrons. The number of hydrogen-bond donors (Lipinski definition) is 1. The van der Waals surface area contributed by atoms with Crippen LogP contribution in [0.2, 0.25) is 0 Å². The van der Waals surface area contributed by atoms with E-state index >= 15 is 0 Å². The number of nitrogens with zero attached hydrogens (tertiary/aromatic N) is 2. The molecule has 0 aromatic heterocycles. The van der Waals surface area contributed by atoms with E-state index in [1.807, 2.05) is 0 Å². The van der Waals surface area contributed by atoms with Crippen LogP contribution in [0.15, 0.2) is 0 Å². The van der Waals surface area contributed by atoms with Gasteiger partial charge in [0.1, 0.15) is 0 Å². The van der Waals surface area contributed by atoms with Gasteiger partial charge >= 0.3 is 0 Å². The van der Waals surface area contributed by atoms with Crippen LogP contribution in [-0.2, 0) is 0 Å². The van der Waals surface area contributed by atoms with Crippen LogP contribution in [0, 0.1) is 5.92 Å². The lowest BCUT2D eigenvalue weighted by atomic mass is 9.96. The Hall–Kier alpha value is -0.120. The number of hydrogen-bond acceptors (Lipinski definition) is 3. The largest absolute Gasteiger partial charge is 0.314 e. The van der Waals surface area contributed by atoms with E-state index in [4.69, 9.17) is 0 Å². The molecule has 1 saturated heterocycles. The summed E-state index contributed by atoms with van der Waals surface area (Å²) < 4.78 is 0. The van der Waals surface area contributed by atoms with Gasteiger partial charge in [0.05, 0.1) is 0 Å². The molecule has 3 nitrogen and oxygen atoms in total. The summed E-state index contributed by atoms with van der Waals surface area (Å²) >= 11 is 0. The molecule has 0 unspecified atom stereocenters. The first kappa shape index (κ1) is 14.9. The van der Waals surface area contributed by atoms with Gasteiger partial charge < -0.3 is 15.1 Å². The zero-order valence-corrected chi connectivity index (χ0v) is 12.2. The number of nitrogens with one attached hydrogen (secondary N) is 1. The average Bonchev–Trinajstić information content (AvgIpc) is 2.27. The van der Waals surface area contributed by atoms with Crippen molar-refractivity contribution in [3.8, 4) is 0 Å². The first-order chi connectivity index (χ1) is 8.08. The summed E-state index contributed by atoms with van der Waals surface area (Å²) in [6.45, 7) is 10.8. The molecule has 1 fully saturated rings. The maximum absolute atomic E-state index is 3.56. The van der Waals surface area contributed by atoms with Crippen LogP contribution >= 0.6 is 0 Å². The normalized spacial score (nSPS) is 19.4. The molecule has 0 spiro atoms. The first-order valence-corrected chi connectivity index (χ1v) is 7.18. The summed E-state index contributed by atoms with van der Waals surface area (Å²) in [6, 6.07) is 0.633. The second kappa shape index (κ2) is 8.06. The van der Waals surface area contributed by atoms with Gasteiger partial charge in [0.25, 0.3) is 0 Å². The van der Waals surface area contributed by atoms with Crippen molar-refractivity contribution in [2.75, 3.05) is 46.8 Å². The average molecular weight is 241 g/mol. The minimum Gasteiger partial charge on any atom is -0.314 e. The molecule has 17 heavy (non-hydrogen) atoms. The van der Waals surface area contributed by atoms with Gasteiger partial charge in [-0.2, -0.15) is 0 Å². The van der Waals surface area contributed by atoms with Crippen LogP contribution < -0.4 is 5.32 Å². The highest BCUT2D eigenvalue weighted by Gasteiger charge is 2.18. The lowest BCUT2D eigenvalue weighted by Crippen LogP contribution is -2.39. The second-order valence-electron chi connectivity index (χ2n) is 6.00. The van der Waals surface area contributed by atoms with Crippen molar-refractivity contribution in [3.63, 3.8) is 0 Å². The van der Waals surface area contributed by atoms with E-state index < -0.39 is 0 Å². The van der Waals surface area contributed by atoms with Gasteiger partial charge in [0.15, 0.2) is 0 Å². The Morgan fingerprint density at radius 3 is 2.41 bits per heavy atom. The molecule has 0 amide bonds. The predicted octanol–water partition coefficient (Wildman–Crippen LogP) is 1.65. The van der Waals surface area contributed by atoms with Gasteiger partial charge in [-0.3, -0.25) is 0 Å². The summed E-state index contributed by atoms with van der Waals surface area (Å²) in [4.78, 5) is 4.91. The Morgan fingerprint density at radius 2 is 1.88 bits per heavy atom. The fourth-order valence-corrected chi connectivity index (χ4v) is 2.43. The monoisotopic (exact) mass is 241 g/mol. The number of likely N-dealkylation sites (tertiary alicyclic amines) is 1. The molecule has 0 bridgehead atoms. The highest BCUT2D eigenvalue weighted by atomic mass is 15.1. The Bertz CT molecular complexity index is 184. The maximum Gasteiger partial charge on any atom is 0.00104 e. The molecule has 1 N–H and O–H groups in total. The van der Waals surface area contributed by atoms with E-state index in [0.717, 1.165) is 5.92 Å². The van der Waals surface area contributed by atoms with Gasteiger partial charge in [-0.1, -0.05) is 13.8 Å². The van der Waals surface area contributed by atoms with E-state index in [2.05, 4.69) is 43.1 Å². The predicted molar refractivity (Wildman–Crippen MR) is 75.5 cm³/mol. The van der Waals surface area contributed by atoms with Gasteiger partial charge in [-0.25, -0.2) is 0 Å². The fraction of sp³-hybridized carbons (Fsp3) is 1.00. The molecular formula is C14H31N3. The third-order valence-corrected chi connectivity index (χ3v) is 3.60. The first-order valence-electron chi connectivity index (χ1n) is 7.18. The van der Waals surface area contributed by atoms with E-state index in [0.29, 0.717) is 6.04 Å². The number of piperidine rings is 1. The lowest BCUT2D eigenvalue weighted by Gasteiger charge is -2.32. The molecule has 1 aliphatic rings. The van der Waals surface area contributed by atoms with E-state index in [1.165, 1.54) is 52.0 Å². The third-order valence-electron chi connectivity index (χ3n) is 3.60. The maximum atomic E-state index is 3.56. The van der Waals surface area contributed by atoms with Crippen molar-refractivity contribution in [1.82, 2.24) is 15.1 Å². The molecular weight excluding hydrogens is 210 g/mol. The Kier molecular flexibility index (Phi) is 7.09. The number of rotatable bonds is 7. The van der Waals surface area contributed by atoms with Crippen molar-refractivity contribution >= 4 is 0 Å². The molecule has 1 rings (SSSR count). The lowest BCUT2D eigenvalue weighted by molar-refractivity contribution is 0.174. The highest BCUT2D eigenvalue weighted by molar-refractivity contribution is 4.74. The minimum absolute atomic E-state index is 0.633. The van der Waals surface area contributed by atoms with Crippen LogP contribution in [-0.4, -0.2) is 62.7 Å². The van der Waals surface area contributed by atoms with Gasteiger partial charge in [-0.05, 0) is 72.0 Å². The summed E-state index contributed by atoms with van der Waals surface area (Å²) in [5, 5.41) is 3.56. The van der Waals surface area contributed by atoms with Crippen LogP contribution in [0.25, 0.3) is 0 Å². The fourth-order valence-electron chi connectivity index (χ4n) is 2.43. The highest BCUT2D eigenvalue weighted by Crippen LogP contribution is 2.16. The zero-order chi connectivity index (χ0) is 12.7. The molecule has 3 heteroatoms. The van der Waals surface area contributed by atoms with Crippen molar-refractivity contribution in [2.24, 2.45) is 5.92 Å². The summed E-state index contributed by atoms with van der Waals surface area (Å²) in [5.41, 5.74) is 0. The molecule has 0 aromatic carbocycles. The molecule has 0 aliphatic carbocycles. The molecule has 0 radical (unpaired) electrons. The molecule has 1 aliphatic heterocycles. The zero-order valence-electron chi connectivity index (χ0n) is 12.2. The van der Waals surface area contributed by atoms with Crippen LogP contribution in [0.3, 0.4) is 0 Å². The van der Waals surface area contributed by atoms with Crippen molar-refractivity contribution in [3.05, 3.63) is 0 Å². The Balaban J connectivity index is 2.05. The van der Waals surface area contributed by atoms with Crippen molar-refractivity contribution < 1.29 is 0 Å². The molecule has 0 atom stereocenters. The summed E-state index contributed by atoms with van der Waals surface area (Å²) in [6.07, 6.45) is 4.06. The topological polar surface area (TPSA) is 18.5 Å². The Morgan fingerprint density at radius 1 is 1.24 bits per heavy atom. The van der Waals surface area contributed by atoms with Gasteiger partial charge in [0.2, 0.25) is 0 Å². The Labute approximate surface area is 108 Å². The van der Waals surface area contributed by atoms with Crippen molar-refractivity contribution in [1.29, 1.82) is 0 Å². The smallest absolute Gasteiger partial charge is 0.00104 e. The molecule has 0 saturated carbocycles. The van der Waals surface area contributed by atoms with Gasteiger partial charge in [0, 0.05) is 6.04 Å². The minimum atomic E-state index is 0.633. The van der Waals surface area contributed by atoms with E-state index in [-0.39, 0.29) is 0 Å². The third kappa shape index (κ3) is 7.02. The van der Waals surface area contributed by atoms with Crippen LogP contribution in [0.4, 0.5) is 0 Å². The second-order valence-corrected chi connectivity index (χ2v) is 6.00. The van der Waals surface area contributed by atoms with Crippen molar-refractivity contribution in [2.45, 2.75) is 39.2 Å². The van der Waals surface area contributed by atoms with Gasteiger partial charge in [-0.15, -0.1) is 0 Å². The van der Waals surface area contributed by atoms with E-state index in [9.17, 15) is 0 Å². The van der Waals surface area contributed by atoms with Crippen LogP contribution in [0.5, 0.6) is 0 Å². The molecule has 0 aromatic rings. The van der Waals surface area contributed by atoms with Crippen LogP contribution in [0.1, 0.15) is 33.1 Å².